The van der Waals surface area contributed by atoms with Crippen LogP contribution in [-0.4, -0.2) is 38.1 Å². The molecule has 3 N–H and O–H groups in total. The fraction of sp³-hybridized carbons (Fsp3) is 0.522. The third kappa shape index (κ3) is 8.91. The van der Waals surface area contributed by atoms with Gasteiger partial charge in [0.1, 0.15) is 0 Å². The van der Waals surface area contributed by atoms with Crippen molar-refractivity contribution in [2.24, 2.45) is 0 Å². The minimum Gasteiger partial charge on any atom is -0.352 e. The summed E-state index contributed by atoms with van der Waals surface area (Å²) >= 11 is 0. The number of rotatable bonds is 10. The van der Waals surface area contributed by atoms with Crippen molar-refractivity contribution in [1.29, 1.82) is 0 Å². The Bertz CT molecular complexity index is 720. The van der Waals surface area contributed by atoms with Gasteiger partial charge < -0.3 is 16.0 Å². The molecule has 4 nitrogen and oxygen atoms in total. The first kappa shape index (κ1) is 25.7. The summed E-state index contributed by atoms with van der Waals surface area (Å²) in [5.74, 6) is 0.0189. The topological polar surface area (TPSA) is 53.2 Å². The van der Waals surface area contributed by atoms with E-state index in [1.165, 1.54) is 32.1 Å². The average molecular weight is 440 g/mol. The SMILES string of the molecule is Cl.Cl.O=C(NCCCCNCCNC1CCCCC1)c1ccc2ccccc2c1. The molecule has 1 fully saturated rings. The molecule has 0 saturated heterocycles. The lowest BCUT2D eigenvalue weighted by Crippen LogP contribution is -2.36. The number of nitrogens with one attached hydrogen (secondary N) is 3. The summed E-state index contributed by atoms with van der Waals surface area (Å²) in [6.07, 6.45) is 8.96. The summed E-state index contributed by atoms with van der Waals surface area (Å²) in [6, 6.07) is 14.7. The van der Waals surface area contributed by atoms with Crippen LogP contribution in [0.25, 0.3) is 10.8 Å². The van der Waals surface area contributed by atoms with E-state index in [1.54, 1.807) is 0 Å². The molecule has 0 aromatic heterocycles. The standard InChI is InChI=1S/C23H33N3O.2ClH/c27-23(21-13-12-19-8-4-5-9-20(19)18-21)26-15-7-6-14-24-16-17-25-22-10-2-1-3-11-22;;/h4-5,8-9,12-13,18,22,24-25H,1-3,6-7,10-11,14-17H2,(H,26,27);2*1H. The molecule has 1 saturated carbocycles. The quantitative estimate of drug-likeness (QED) is 0.469. The third-order valence-electron chi connectivity index (χ3n) is 5.42. The molecular weight excluding hydrogens is 405 g/mol. The highest BCUT2D eigenvalue weighted by atomic mass is 35.5. The smallest absolute Gasteiger partial charge is 0.251 e. The lowest BCUT2D eigenvalue weighted by molar-refractivity contribution is 0.0953. The van der Waals surface area contributed by atoms with Crippen LogP contribution in [0.2, 0.25) is 0 Å². The van der Waals surface area contributed by atoms with Crippen LogP contribution in [0.1, 0.15) is 55.3 Å². The van der Waals surface area contributed by atoms with Crippen molar-refractivity contribution in [3.05, 3.63) is 48.0 Å². The molecule has 2 aromatic carbocycles. The second kappa shape index (κ2) is 14.6. The van der Waals surface area contributed by atoms with Crippen molar-refractivity contribution in [2.75, 3.05) is 26.2 Å². The lowest BCUT2D eigenvalue weighted by atomic mass is 9.95. The van der Waals surface area contributed by atoms with Crippen LogP contribution in [0, 0.1) is 0 Å². The summed E-state index contributed by atoms with van der Waals surface area (Å²) in [7, 11) is 0. The van der Waals surface area contributed by atoms with Crippen LogP contribution in [0.5, 0.6) is 0 Å². The number of fused-ring (bicyclic) bond motifs is 1. The van der Waals surface area contributed by atoms with Crippen LogP contribution in [0.3, 0.4) is 0 Å². The minimum atomic E-state index is 0. The Morgan fingerprint density at radius 3 is 2.34 bits per heavy atom. The molecule has 0 heterocycles. The second-order valence-corrected chi connectivity index (χ2v) is 7.56. The van der Waals surface area contributed by atoms with E-state index in [9.17, 15) is 4.79 Å². The van der Waals surface area contributed by atoms with Crippen LogP contribution < -0.4 is 16.0 Å². The van der Waals surface area contributed by atoms with Crippen molar-refractivity contribution in [3.8, 4) is 0 Å². The predicted molar refractivity (Wildman–Crippen MR) is 128 cm³/mol. The Kier molecular flexibility index (Phi) is 13.0. The normalized spacial score (nSPS) is 14.1. The maximum atomic E-state index is 12.3. The van der Waals surface area contributed by atoms with E-state index in [0.717, 1.165) is 61.4 Å². The highest BCUT2D eigenvalue weighted by Gasteiger charge is 2.11. The van der Waals surface area contributed by atoms with Crippen molar-refractivity contribution in [1.82, 2.24) is 16.0 Å². The number of hydrogen-bond acceptors (Lipinski definition) is 3. The third-order valence-corrected chi connectivity index (χ3v) is 5.42. The number of unbranched alkanes of at least 4 members (excludes halogenated alkanes) is 1. The maximum Gasteiger partial charge on any atom is 0.251 e. The maximum absolute atomic E-state index is 12.3. The Labute approximate surface area is 187 Å². The zero-order valence-corrected chi connectivity index (χ0v) is 18.8. The zero-order chi connectivity index (χ0) is 18.7. The zero-order valence-electron chi connectivity index (χ0n) is 17.1. The van der Waals surface area contributed by atoms with Gasteiger partial charge >= 0.3 is 0 Å². The van der Waals surface area contributed by atoms with E-state index in [4.69, 9.17) is 0 Å². The van der Waals surface area contributed by atoms with Crippen LogP contribution in [0.15, 0.2) is 42.5 Å². The summed E-state index contributed by atoms with van der Waals surface area (Å²) in [5.41, 5.74) is 0.737. The molecule has 6 heteroatoms. The first-order chi connectivity index (χ1) is 13.3. The monoisotopic (exact) mass is 439 g/mol. The molecule has 1 aliphatic carbocycles. The number of benzene rings is 2. The van der Waals surface area contributed by atoms with Gasteiger partial charge in [-0.25, -0.2) is 0 Å². The van der Waals surface area contributed by atoms with Crippen molar-refractivity contribution >= 4 is 41.5 Å². The first-order valence-electron chi connectivity index (χ1n) is 10.5. The van der Waals surface area contributed by atoms with Crippen molar-refractivity contribution in [3.63, 3.8) is 0 Å². The van der Waals surface area contributed by atoms with E-state index >= 15 is 0 Å². The van der Waals surface area contributed by atoms with Crippen LogP contribution >= 0.6 is 24.8 Å². The van der Waals surface area contributed by atoms with Crippen molar-refractivity contribution < 1.29 is 4.79 Å². The molecule has 0 radical (unpaired) electrons. The van der Waals surface area contributed by atoms with Gasteiger partial charge in [0.05, 0.1) is 0 Å². The number of carbonyl (C=O) groups is 1. The van der Waals surface area contributed by atoms with Gasteiger partial charge in [-0.15, -0.1) is 24.8 Å². The Hall–Kier alpha value is -1.33. The molecule has 2 aromatic rings. The highest BCUT2D eigenvalue weighted by Crippen LogP contribution is 2.17. The predicted octanol–water partition coefficient (Wildman–Crippen LogP) is 4.71. The molecule has 29 heavy (non-hydrogen) atoms. The first-order valence-corrected chi connectivity index (χ1v) is 10.5. The molecule has 0 unspecified atom stereocenters. The molecule has 0 spiro atoms. The largest absolute Gasteiger partial charge is 0.352 e. The van der Waals surface area contributed by atoms with Gasteiger partial charge in [-0.05, 0) is 55.1 Å². The Morgan fingerprint density at radius 1 is 0.828 bits per heavy atom. The molecule has 0 aliphatic heterocycles. The fourth-order valence-corrected chi connectivity index (χ4v) is 3.81. The van der Waals surface area contributed by atoms with Gasteiger partial charge in [0.2, 0.25) is 0 Å². The van der Waals surface area contributed by atoms with Gasteiger partial charge in [0.15, 0.2) is 0 Å². The summed E-state index contributed by atoms with van der Waals surface area (Å²) < 4.78 is 0. The number of amides is 1. The molecule has 0 atom stereocenters. The highest BCUT2D eigenvalue weighted by molar-refractivity contribution is 5.98. The van der Waals surface area contributed by atoms with Crippen LogP contribution in [0.4, 0.5) is 0 Å². The lowest BCUT2D eigenvalue weighted by Gasteiger charge is -2.22. The fourth-order valence-electron chi connectivity index (χ4n) is 3.81. The molecule has 3 rings (SSSR count). The van der Waals surface area contributed by atoms with E-state index in [1.807, 2.05) is 36.4 Å². The molecule has 0 bridgehead atoms. The van der Waals surface area contributed by atoms with Gasteiger partial charge in [-0.3, -0.25) is 4.79 Å². The summed E-state index contributed by atoms with van der Waals surface area (Å²) in [5, 5.41) is 12.4. The van der Waals surface area contributed by atoms with Gasteiger partial charge in [-0.2, -0.15) is 0 Å². The van der Waals surface area contributed by atoms with Crippen LogP contribution in [-0.2, 0) is 0 Å². The number of hydrogen-bond donors (Lipinski definition) is 3. The van der Waals surface area contributed by atoms with E-state index < -0.39 is 0 Å². The van der Waals surface area contributed by atoms with E-state index in [0.29, 0.717) is 0 Å². The molecule has 1 amide bonds. The van der Waals surface area contributed by atoms with Gasteiger partial charge in [0, 0.05) is 31.2 Å². The molecule has 1 aliphatic rings. The Morgan fingerprint density at radius 2 is 1.55 bits per heavy atom. The minimum absolute atomic E-state index is 0. The molecular formula is C23H35Cl2N3O. The van der Waals surface area contributed by atoms with Gasteiger partial charge in [-0.1, -0.05) is 49.6 Å². The number of halogens is 2. The van der Waals surface area contributed by atoms with E-state index in [-0.39, 0.29) is 30.7 Å². The summed E-state index contributed by atoms with van der Waals surface area (Å²) in [6.45, 7) is 3.83. The second-order valence-electron chi connectivity index (χ2n) is 7.56. The molecule has 162 valence electrons. The summed E-state index contributed by atoms with van der Waals surface area (Å²) in [4.78, 5) is 12.3. The average Bonchev–Trinajstić information content (AvgIpc) is 2.72. The number of carbonyl (C=O) groups excluding carboxylic acids is 1. The Balaban J connectivity index is 0.00000210. The van der Waals surface area contributed by atoms with Crippen molar-refractivity contribution in [2.45, 2.75) is 51.0 Å². The van der Waals surface area contributed by atoms with Gasteiger partial charge in [0.25, 0.3) is 5.91 Å². The van der Waals surface area contributed by atoms with E-state index in [2.05, 4.69) is 22.0 Å².